The molecule has 0 aromatic heterocycles. The van der Waals surface area contributed by atoms with Crippen molar-refractivity contribution in [2.24, 2.45) is 5.92 Å². The SMILES string of the molecule is CCCCC(CC)COC1CCC(C)NC1CC. The van der Waals surface area contributed by atoms with Gasteiger partial charge in [-0.25, -0.2) is 0 Å². The summed E-state index contributed by atoms with van der Waals surface area (Å²) < 4.78 is 6.22. The minimum atomic E-state index is 0.446. The van der Waals surface area contributed by atoms with Gasteiger partial charge in [0.1, 0.15) is 0 Å². The highest BCUT2D eigenvalue weighted by Gasteiger charge is 2.27. The predicted molar refractivity (Wildman–Crippen MR) is 79.0 cm³/mol. The molecule has 18 heavy (non-hydrogen) atoms. The highest BCUT2D eigenvalue weighted by Crippen LogP contribution is 2.21. The van der Waals surface area contributed by atoms with Gasteiger partial charge in [-0.1, -0.05) is 40.0 Å². The third-order valence-electron chi connectivity index (χ3n) is 4.36. The first kappa shape index (κ1) is 16.0. The van der Waals surface area contributed by atoms with E-state index in [2.05, 4.69) is 33.0 Å². The van der Waals surface area contributed by atoms with Crippen LogP contribution >= 0.6 is 0 Å². The van der Waals surface area contributed by atoms with Crippen LogP contribution in [0, 0.1) is 5.92 Å². The van der Waals surface area contributed by atoms with Crippen LogP contribution in [0.2, 0.25) is 0 Å². The molecule has 4 atom stereocenters. The first-order valence-corrected chi connectivity index (χ1v) is 8.08. The van der Waals surface area contributed by atoms with Crippen molar-refractivity contribution in [1.82, 2.24) is 5.32 Å². The van der Waals surface area contributed by atoms with Crippen LogP contribution in [0.25, 0.3) is 0 Å². The molecular formula is C16H33NO. The molecule has 1 aliphatic rings. The van der Waals surface area contributed by atoms with Gasteiger partial charge in [0, 0.05) is 18.7 Å². The van der Waals surface area contributed by atoms with E-state index in [9.17, 15) is 0 Å². The molecule has 0 aliphatic carbocycles. The average molecular weight is 255 g/mol. The first-order valence-electron chi connectivity index (χ1n) is 8.08. The lowest BCUT2D eigenvalue weighted by molar-refractivity contribution is -0.0192. The molecule has 0 bridgehead atoms. The van der Waals surface area contributed by atoms with E-state index in [4.69, 9.17) is 4.74 Å². The van der Waals surface area contributed by atoms with Gasteiger partial charge in [-0.3, -0.25) is 0 Å². The van der Waals surface area contributed by atoms with Crippen molar-refractivity contribution in [3.05, 3.63) is 0 Å². The van der Waals surface area contributed by atoms with Crippen LogP contribution in [0.15, 0.2) is 0 Å². The summed E-state index contributed by atoms with van der Waals surface area (Å²) in [6.07, 6.45) is 9.36. The lowest BCUT2D eigenvalue weighted by atomic mass is 9.94. The second kappa shape index (κ2) is 8.92. The molecule has 0 saturated carbocycles. The second-order valence-electron chi connectivity index (χ2n) is 5.95. The molecule has 0 aromatic rings. The fourth-order valence-electron chi connectivity index (χ4n) is 2.91. The van der Waals surface area contributed by atoms with Crippen molar-refractivity contribution in [1.29, 1.82) is 0 Å². The van der Waals surface area contributed by atoms with Crippen LogP contribution in [-0.2, 0) is 4.74 Å². The maximum absolute atomic E-state index is 6.22. The maximum Gasteiger partial charge on any atom is 0.0728 e. The van der Waals surface area contributed by atoms with Gasteiger partial charge in [0.05, 0.1) is 6.10 Å². The molecule has 1 rings (SSSR count). The van der Waals surface area contributed by atoms with Crippen LogP contribution < -0.4 is 5.32 Å². The molecule has 1 saturated heterocycles. The Balaban J connectivity index is 2.31. The van der Waals surface area contributed by atoms with E-state index in [0.717, 1.165) is 12.5 Å². The summed E-state index contributed by atoms with van der Waals surface area (Å²) in [5.74, 6) is 0.766. The van der Waals surface area contributed by atoms with E-state index < -0.39 is 0 Å². The minimum Gasteiger partial charge on any atom is -0.376 e. The van der Waals surface area contributed by atoms with Gasteiger partial charge in [-0.15, -0.1) is 0 Å². The third kappa shape index (κ3) is 5.27. The molecule has 108 valence electrons. The van der Waals surface area contributed by atoms with Crippen LogP contribution in [-0.4, -0.2) is 24.8 Å². The smallest absolute Gasteiger partial charge is 0.0728 e. The fourth-order valence-corrected chi connectivity index (χ4v) is 2.91. The topological polar surface area (TPSA) is 21.3 Å². The van der Waals surface area contributed by atoms with E-state index in [1.54, 1.807) is 0 Å². The Morgan fingerprint density at radius 1 is 1.22 bits per heavy atom. The highest BCUT2D eigenvalue weighted by atomic mass is 16.5. The van der Waals surface area contributed by atoms with Gasteiger partial charge in [-0.05, 0) is 38.5 Å². The minimum absolute atomic E-state index is 0.446. The van der Waals surface area contributed by atoms with Crippen LogP contribution in [0.3, 0.4) is 0 Å². The Hall–Kier alpha value is -0.0800. The quantitative estimate of drug-likeness (QED) is 0.704. The normalized spacial score (nSPS) is 30.3. The van der Waals surface area contributed by atoms with Crippen molar-refractivity contribution in [3.63, 3.8) is 0 Å². The number of rotatable bonds is 8. The van der Waals surface area contributed by atoms with Crippen molar-refractivity contribution in [3.8, 4) is 0 Å². The zero-order chi connectivity index (χ0) is 13.4. The molecule has 0 radical (unpaired) electrons. The molecule has 1 N–H and O–H groups in total. The van der Waals surface area contributed by atoms with E-state index in [-0.39, 0.29) is 0 Å². The Kier molecular flexibility index (Phi) is 7.92. The summed E-state index contributed by atoms with van der Waals surface area (Å²) in [6, 6.07) is 1.23. The van der Waals surface area contributed by atoms with Gasteiger partial charge >= 0.3 is 0 Å². The van der Waals surface area contributed by atoms with Crippen molar-refractivity contribution in [2.45, 2.75) is 90.8 Å². The summed E-state index contributed by atoms with van der Waals surface area (Å²) in [5, 5.41) is 3.68. The molecule has 1 aliphatic heterocycles. The Labute approximate surface area is 114 Å². The molecular weight excluding hydrogens is 222 g/mol. The number of hydrogen-bond donors (Lipinski definition) is 1. The van der Waals surface area contributed by atoms with E-state index in [0.29, 0.717) is 18.2 Å². The van der Waals surface area contributed by atoms with Crippen LogP contribution in [0.5, 0.6) is 0 Å². The lowest BCUT2D eigenvalue weighted by Gasteiger charge is -2.36. The third-order valence-corrected chi connectivity index (χ3v) is 4.36. The molecule has 2 heteroatoms. The maximum atomic E-state index is 6.22. The van der Waals surface area contributed by atoms with Gasteiger partial charge in [-0.2, -0.15) is 0 Å². The summed E-state index contributed by atoms with van der Waals surface area (Å²) >= 11 is 0. The zero-order valence-corrected chi connectivity index (χ0v) is 12.9. The highest BCUT2D eigenvalue weighted by molar-refractivity contribution is 4.85. The van der Waals surface area contributed by atoms with Gasteiger partial charge < -0.3 is 10.1 Å². The molecule has 0 amide bonds. The Morgan fingerprint density at radius 2 is 2.00 bits per heavy atom. The lowest BCUT2D eigenvalue weighted by Crippen LogP contribution is -2.50. The van der Waals surface area contributed by atoms with E-state index in [1.807, 2.05) is 0 Å². The standard InChI is InChI=1S/C16H33NO/c1-5-8-9-14(6-2)12-18-16-11-10-13(4)17-15(16)7-3/h13-17H,5-12H2,1-4H3. The molecule has 0 spiro atoms. The molecule has 4 unspecified atom stereocenters. The Bertz CT molecular complexity index is 207. The summed E-state index contributed by atoms with van der Waals surface area (Å²) in [4.78, 5) is 0. The van der Waals surface area contributed by atoms with Gasteiger partial charge in [0.15, 0.2) is 0 Å². The van der Waals surface area contributed by atoms with Gasteiger partial charge in [0.25, 0.3) is 0 Å². The van der Waals surface area contributed by atoms with Crippen molar-refractivity contribution < 1.29 is 4.74 Å². The number of nitrogens with one attached hydrogen (secondary N) is 1. The summed E-state index contributed by atoms with van der Waals surface area (Å²) in [5.41, 5.74) is 0. The Morgan fingerprint density at radius 3 is 2.61 bits per heavy atom. The van der Waals surface area contributed by atoms with E-state index in [1.165, 1.54) is 44.9 Å². The largest absolute Gasteiger partial charge is 0.376 e. The molecule has 2 nitrogen and oxygen atoms in total. The number of piperidine rings is 1. The second-order valence-corrected chi connectivity index (χ2v) is 5.95. The number of ether oxygens (including phenoxy) is 1. The predicted octanol–water partition coefficient (Wildman–Crippen LogP) is 4.14. The van der Waals surface area contributed by atoms with Crippen LogP contribution in [0.1, 0.15) is 72.6 Å². The molecule has 1 fully saturated rings. The molecule has 1 heterocycles. The summed E-state index contributed by atoms with van der Waals surface area (Å²) in [6.45, 7) is 10.1. The first-order chi connectivity index (χ1) is 8.71. The fraction of sp³-hybridized carbons (Fsp3) is 1.00. The molecule has 0 aromatic carbocycles. The zero-order valence-electron chi connectivity index (χ0n) is 12.9. The number of hydrogen-bond acceptors (Lipinski definition) is 2. The van der Waals surface area contributed by atoms with Crippen molar-refractivity contribution >= 4 is 0 Å². The summed E-state index contributed by atoms with van der Waals surface area (Å²) in [7, 11) is 0. The van der Waals surface area contributed by atoms with Crippen molar-refractivity contribution in [2.75, 3.05) is 6.61 Å². The van der Waals surface area contributed by atoms with Gasteiger partial charge in [0.2, 0.25) is 0 Å². The van der Waals surface area contributed by atoms with E-state index >= 15 is 0 Å². The van der Waals surface area contributed by atoms with Crippen LogP contribution in [0.4, 0.5) is 0 Å². The average Bonchev–Trinajstić information content (AvgIpc) is 2.40. The number of unbranched alkanes of at least 4 members (excludes halogenated alkanes) is 1. The monoisotopic (exact) mass is 255 g/mol.